The van der Waals surface area contributed by atoms with Crippen molar-refractivity contribution in [1.29, 1.82) is 0 Å². The fourth-order valence-corrected chi connectivity index (χ4v) is 2.66. The number of anilines is 1. The number of ether oxygens (including phenoxy) is 1. The largest absolute Gasteiger partial charge is 0.374 e. The van der Waals surface area contributed by atoms with Crippen LogP contribution in [0.5, 0.6) is 0 Å². The van der Waals surface area contributed by atoms with Gasteiger partial charge < -0.3 is 10.2 Å². The predicted molar refractivity (Wildman–Crippen MR) is 80.7 cm³/mol. The minimum atomic E-state index is 0.356. The van der Waals surface area contributed by atoms with Crippen LogP contribution in [0.4, 0.5) is 5.82 Å². The number of rotatable bonds is 6. The molecule has 1 aromatic carbocycles. The van der Waals surface area contributed by atoms with Gasteiger partial charge in [-0.3, -0.25) is 0 Å². The first-order valence-electron chi connectivity index (χ1n) is 6.07. The molecule has 0 aliphatic carbocycles. The molecule has 3 N–H and O–H groups in total. The average Bonchev–Trinajstić information content (AvgIpc) is 2.45. The molecule has 0 radical (unpaired) electrons. The molecule has 0 aliphatic rings. The van der Waals surface area contributed by atoms with Crippen molar-refractivity contribution in [2.75, 3.05) is 12.0 Å². The van der Waals surface area contributed by atoms with E-state index in [1.165, 1.54) is 11.8 Å². The summed E-state index contributed by atoms with van der Waals surface area (Å²) in [5, 5.41) is 1.47. The number of halogens is 1. The van der Waals surface area contributed by atoms with Crippen LogP contribution in [0.15, 0.2) is 40.3 Å². The van der Waals surface area contributed by atoms with Crippen LogP contribution in [-0.4, -0.2) is 16.6 Å². The lowest BCUT2D eigenvalue weighted by molar-refractivity contribution is 0.128. The van der Waals surface area contributed by atoms with Crippen LogP contribution in [0.3, 0.4) is 0 Å². The van der Waals surface area contributed by atoms with Gasteiger partial charge in [-0.15, -0.1) is 0 Å². The Hall–Kier alpha value is -1.34. The lowest BCUT2D eigenvalue weighted by atomic mass is 10.4. The van der Waals surface area contributed by atoms with Gasteiger partial charge in [0.2, 0.25) is 0 Å². The lowest BCUT2D eigenvalue weighted by Crippen LogP contribution is -2.11. The van der Waals surface area contributed by atoms with E-state index in [-0.39, 0.29) is 0 Å². The second kappa shape index (κ2) is 7.44. The summed E-state index contributed by atoms with van der Waals surface area (Å²) in [5.74, 6) is 6.57. The van der Waals surface area contributed by atoms with Gasteiger partial charge in [0.1, 0.15) is 17.5 Å². The minimum Gasteiger partial charge on any atom is -0.374 e. The van der Waals surface area contributed by atoms with Gasteiger partial charge in [-0.05, 0) is 25.1 Å². The van der Waals surface area contributed by atoms with Crippen molar-refractivity contribution in [1.82, 2.24) is 9.97 Å². The van der Waals surface area contributed by atoms with Gasteiger partial charge in [-0.2, -0.15) is 0 Å². The highest BCUT2D eigenvalue weighted by Crippen LogP contribution is 2.29. The molecule has 0 amide bonds. The molecular formula is C13H15ClN4OS. The molecule has 0 aliphatic heterocycles. The molecule has 7 heteroatoms. The maximum atomic E-state index is 5.97. The third-order valence-corrected chi connectivity index (χ3v) is 3.49. The van der Waals surface area contributed by atoms with Crippen LogP contribution in [0, 0.1) is 0 Å². The van der Waals surface area contributed by atoms with Crippen molar-refractivity contribution in [3.63, 3.8) is 0 Å². The maximum Gasteiger partial charge on any atom is 0.157 e. The van der Waals surface area contributed by atoms with Gasteiger partial charge in [0.25, 0.3) is 0 Å². The Kier molecular flexibility index (Phi) is 5.60. The standard InChI is InChI=1S/C13H15ClN4OS/c1-2-19-8-12-16-11(18-15)7-13(17-12)20-10-5-3-4-9(14)6-10/h3-7H,2,8,15H2,1H3,(H,16,17,18). The number of hydrazine groups is 1. The molecule has 106 valence electrons. The topological polar surface area (TPSA) is 73.1 Å². The molecule has 1 heterocycles. The van der Waals surface area contributed by atoms with Gasteiger partial charge in [0.15, 0.2) is 5.82 Å². The fraction of sp³-hybridized carbons (Fsp3) is 0.231. The van der Waals surface area contributed by atoms with E-state index in [9.17, 15) is 0 Å². The van der Waals surface area contributed by atoms with Crippen LogP contribution >= 0.6 is 23.4 Å². The molecule has 0 saturated heterocycles. The predicted octanol–water partition coefficient (Wildman–Crippen LogP) is 3.10. The molecule has 1 aromatic heterocycles. The van der Waals surface area contributed by atoms with Crippen LogP contribution in [-0.2, 0) is 11.3 Å². The Morgan fingerprint density at radius 2 is 2.20 bits per heavy atom. The zero-order valence-corrected chi connectivity index (χ0v) is 12.5. The number of nitrogen functional groups attached to an aromatic ring is 1. The summed E-state index contributed by atoms with van der Waals surface area (Å²) in [6.45, 7) is 2.89. The molecule has 0 atom stereocenters. The molecule has 0 unspecified atom stereocenters. The van der Waals surface area contributed by atoms with Gasteiger partial charge in [0.05, 0.1) is 0 Å². The number of hydrogen-bond acceptors (Lipinski definition) is 6. The number of nitrogens with two attached hydrogens (primary N) is 1. The summed E-state index contributed by atoms with van der Waals surface area (Å²) in [6.07, 6.45) is 0. The minimum absolute atomic E-state index is 0.356. The second-order valence-electron chi connectivity index (χ2n) is 3.85. The molecule has 0 spiro atoms. The summed E-state index contributed by atoms with van der Waals surface area (Å²) >= 11 is 7.46. The highest BCUT2D eigenvalue weighted by atomic mass is 35.5. The Balaban J connectivity index is 2.21. The number of benzene rings is 1. The first-order chi connectivity index (χ1) is 9.71. The van der Waals surface area contributed by atoms with E-state index in [1.807, 2.05) is 31.2 Å². The fourth-order valence-electron chi connectivity index (χ4n) is 1.51. The summed E-state index contributed by atoms with van der Waals surface area (Å²) in [4.78, 5) is 9.67. The van der Waals surface area contributed by atoms with E-state index < -0.39 is 0 Å². The van der Waals surface area contributed by atoms with Gasteiger partial charge in [-0.25, -0.2) is 15.8 Å². The molecule has 0 bridgehead atoms. The quantitative estimate of drug-likeness (QED) is 0.485. The van der Waals surface area contributed by atoms with Gasteiger partial charge >= 0.3 is 0 Å². The first-order valence-corrected chi connectivity index (χ1v) is 7.26. The van der Waals surface area contributed by atoms with Crippen LogP contribution in [0.1, 0.15) is 12.7 Å². The van der Waals surface area contributed by atoms with Gasteiger partial charge in [-0.1, -0.05) is 29.4 Å². The number of aromatic nitrogens is 2. The van der Waals surface area contributed by atoms with Crippen molar-refractivity contribution in [2.24, 2.45) is 5.84 Å². The highest BCUT2D eigenvalue weighted by Gasteiger charge is 2.06. The van der Waals surface area contributed by atoms with E-state index >= 15 is 0 Å². The van der Waals surface area contributed by atoms with Crippen molar-refractivity contribution in [2.45, 2.75) is 23.5 Å². The molecule has 0 fully saturated rings. The molecule has 2 rings (SSSR count). The third kappa shape index (κ3) is 4.35. The SMILES string of the molecule is CCOCc1nc(NN)cc(Sc2cccc(Cl)c2)n1. The first kappa shape index (κ1) is 15.1. The maximum absolute atomic E-state index is 5.97. The van der Waals surface area contributed by atoms with E-state index in [2.05, 4.69) is 15.4 Å². The van der Waals surface area contributed by atoms with Crippen molar-refractivity contribution < 1.29 is 4.74 Å². The summed E-state index contributed by atoms with van der Waals surface area (Å²) in [7, 11) is 0. The molecular weight excluding hydrogens is 296 g/mol. The Labute approximate surface area is 126 Å². The van der Waals surface area contributed by atoms with Crippen molar-refractivity contribution in [3.8, 4) is 0 Å². The zero-order valence-electron chi connectivity index (χ0n) is 11.0. The zero-order chi connectivity index (χ0) is 14.4. The van der Waals surface area contributed by atoms with Gasteiger partial charge in [0, 0.05) is 22.6 Å². The van der Waals surface area contributed by atoms with Crippen molar-refractivity contribution >= 4 is 29.2 Å². The third-order valence-electron chi connectivity index (χ3n) is 2.35. The Morgan fingerprint density at radius 1 is 1.35 bits per heavy atom. The average molecular weight is 311 g/mol. The van der Waals surface area contributed by atoms with E-state index in [4.69, 9.17) is 22.2 Å². The normalized spacial score (nSPS) is 10.6. The highest BCUT2D eigenvalue weighted by molar-refractivity contribution is 7.99. The molecule has 5 nitrogen and oxygen atoms in total. The van der Waals surface area contributed by atoms with E-state index in [0.717, 1.165) is 9.92 Å². The van der Waals surface area contributed by atoms with Crippen LogP contribution in [0.25, 0.3) is 0 Å². The smallest absolute Gasteiger partial charge is 0.157 e. The number of nitrogens with one attached hydrogen (secondary N) is 1. The van der Waals surface area contributed by atoms with E-state index in [0.29, 0.717) is 29.9 Å². The Morgan fingerprint density at radius 3 is 2.90 bits per heavy atom. The summed E-state index contributed by atoms with van der Waals surface area (Å²) in [5.41, 5.74) is 2.54. The Bertz CT molecular complexity index is 582. The van der Waals surface area contributed by atoms with Crippen LogP contribution < -0.4 is 11.3 Å². The lowest BCUT2D eigenvalue weighted by Gasteiger charge is -2.07. The van der Waals surface area contributed by atoms with E-state index in [1.54, 1.807) is 6.07 Å². The second-order valence-corrected chi connectivity index (χ2v) is 5.38. The summed E-state index contributed by atoms with van der Waals surface area (Å²) in [6, 6.07) is 9.36. The summed E-state index contributed by atoms with van der Waals surface area (Å²) < 4.78 is 5.32. The number of nitrogens with zero attached hydrogens (tertiary/aromatic N) is 2. The monoisotopic (exact) mass is 310 g/mol. The van der Waals surface area contributed by atoms with Crippen LogP contribution in [0.2, 0.25) is 5.02 Å². The van der Waals surface area contributed by atoms with Crippen molar-refractivity contribution in [3.05, 3.63) is 41.2 Å². The number of hydrogen-bond donors (Lipinski definition) is 2. The molecule has 2 aromatic rings. The molecule has 20 heavy (non-hydrogen) atoms. The molecule has 0 saturated carbocycles.